The fourth-order valence-electron chi connectivity index (χ4n) is 1.95. The maximum absolute atomic E-state index is 5.77. The summed E-state index contributed by atoms with van der Waals surface area (Å²) < 4.78 is 10.6. The second kappa shape index (κ2) is 6.78. The smallest absolute Gasteiger partial charge is 0.132 e. The molecule has 2 rings (SSSR count). The molecule has 6 heteroatoms. The van der Waals surface area contributed by atoms with Crippen LogP contribution < -0.4 is 20.5 Å². The Morgan fingerprint density at radius 1 is 1.14 bits per heavy atom. The number of nitrogens with zero attached hydrogens (tertiary/aromatic N) is 2. The van der Waals surface area contributed by atoms with Crippen LogP contribution in [0.4, 0.5) is 11.6 Å². The van der Waals surface area contributed by atoms with Crippen molar-refractivity contribution >= 4 is 11.6 Å². The maximum atomic E-state index is 5.77. The molecule has 2 aromatic rings. The van der Waals surface area contributed by atoms with Crippen molar-refractivity contribution in [1.82, 2.24) is 9.97 Å². The molecule has 0 bridgehead atoms. The van der Waals surface area contributed by atoms with Gasteiger partial charge < -0.3 is 20.5 Å². The predicted molar refractivity (Wildman–Crippen MR) is 82.7 cm³/mol. The Morgan fingerprint density at radius 3 is 2.62 bits per heavy atom. The van der Waals surface area contributed by atoms with Gasteiger partial charge in [-0.3, -0.25) is 0 Å². The van der Waals surface area contributed by atoms with E-state index in [1.54, 1.807) is 20.3 Å². The number of ether oxygens (including phenoxy) is 2. The van der Waals surface area contributed by atoms with Crippen molar-refractivity contribution in [2.75, 3.05) is 25.3 Å². The Morgan fingerprint density at radius 2 is 1.95 bits per heavy atom. The molecule has 1 heterocycles. The molecule has 1 aromatic carbocycles. The monoisotopic (exact) mass is 288 g/mol. The second-order valence-electron chi connectivity index (χ2n) is 4.48. The molecule has 112 valence electrons. The van der Waals surface area contributed by atoms with E-state index < -0.39 is 0 Å². The number of methoxy groups -OCH3 is 2. The first-order valence-electron chi connectivity index (χ1n) is 6.74. The molecule has 0 fully saturated rings. The minimum Gasteiger partial charge on any atom is -0.497 e. The molecule has 0 aliphatic rings. The fraction of sp³-hybridized carbons (Fsp3) is 0.333. The van der Waals surface area contributed by atoms with Crippen LogP contribution in [-0.4, -0.2) is 24.2 Å². The van der Waals surface area contributed by atoms with Gasteiger partial charge in [-0.15, -0.1) is 0 Å². The van der Waals surface area contributed by atoms with E-state index in [1.807, 2.05) is 25.1 Å². The molecular formula is C15H20N4O2. The summed E-state index contributed by atoms with van der Waals surface area (Å²) in [5.74, 6) is 3.41. The molecule has 21 heavy (non-hydrogen) atoms. The van der Waals surface area contributed by atoms with Crippen LogP contribution >= 0.6 is 0 Å². The first-order chi connectivity index (χ1) is 10.2. The van der Waals surface area contributed by atoms with Crippen LogP contribution in [0.2, 0.25) is 0 Å². The van der Waals surface area contributed by atoms with Crippen LogP contribution in [0, 0.1) is 0 Å². The third-order valence-corrected chi connectivity index (χ3v) is 3.06. The number of nitrogens with one attached hydrogen (secondary N) is 1. The molecular weight excluding hydrogens is 268 g/mol. The van der Waals surface area contributed by atoms with E-state index in [4.69, 9.17) is 15.2 Å². The quantitative estimate of drug-likeness (QED) is 0.848. The lowest BCUT2D eigenvalue weighted by molar-refractivity contribution is 0.391. The van der Waals surface area contributed by atoms with Gasteiger partial charge in [0.2, 0.25) is 0 Å². The van der Waals surface area contributed by atoms with E-state index in [1.165, 1.54) is 0 Å². The molecule has 1 aromatic heterocycles. The normalized spacial score (nSPS) is 10.2. The highest BCUT2D eigenvalue weighted by atomic mass is 16.5. The second-order valence-corrected chi connectivity index (χ2v) is 4.48. The molecule has 0 aliphatic carbocycles. The van der Waals surface area contributed by atoms with Crippen molar-refractivity contribution in [3.63, 3.8) is 0 Å². The van der Waals surface area contributed by atoms with Gasteiger partial charge in [-0.05, 0) is 12.1 Å². The van der Waals surface area contributed by atoms with E-state index in [-0.39, 0.29) is 0 Å². The SMILES string of the molecule is CCc1nc(N)cc(NCc2ccc(OC)cc2OC)n1. The zero-order chi connectivity index (χ0) is 15.2. The summed E-state index contributed by atoms with van der Waals surface area (Å²) in [7, 11) is 3.26. The number of aromatic nitrogens is 2. The first kappa shape index (κ1) is 14.9. The zero-order valence-electron chi connectivity index (χ0n) is 12.5. The molecule has 3 N–H and O–H groups in total. The highest BCUT2D eigenvalue weighted by molar-refractivity contribution is 5.47. The molecule has 0 saturated heterocycles. The van der Waals surface area contributed by atoms with E-state index in [9.17, 15) is 0 Å². The molecule has 0 atom stereocenters. The molecule has 0 amide bonds. The predicted octanol–water partition coefficient (Wildman–Crippen LogP) is 2.25. The lowest BCUT2D eigenvalue weighted by Gasteiger charge is -2.12. The lowest BCUT2D eigenvalue weighted by Crippen LogP contribution is -2.07. The van der Waals surface area contributed by atoms with Gasteiger partial charge in [0, 0.05) is 30.7 Å². The van der Waals surface area contributed by atoms with Crippen LogP contribution in [0.3, 0.4) is 0 Å². The summed E-state index contributed by atoms with van der Waals surface area (Å²) in [6.45, 7) is 2.57. The van der Waals surface area contributed by atoms with Gasteiger partial charge >= 0.3 is 0 Å². The molecule has 0 spiro atoms. The lowest BCUT2D eigenvalue weighted by atomic mass is 10.2. The summed E-state index contributed by atoms with van der Waals surface area (Å²) in [4.78, 5) is 8.54. The first-order valence-corrected chi connectivity index (χ1v) is 6.74. The summed E-state index contributed by atoms with van der Waals surface area (Å²) in [5.41, 5.74) is 6.77. The number of nitrogens with two attached hydrogens (primary N) is 1. The highest BCUT2D eigenvalue weighted by Crippen LogP contribution is 2.25. The Balaban J connectivity index is 2.14. The van der Waals surface area contributed by atoms with Crippen LogP contribution in [0.15, 0.2) is 24.3 Å². The van der Waals surface area contributed by atoms with Crippen molar-refractivity contribution in [2.24, 2.45) is 0 Å². The Hall–Kier alpha value is -2.50. The number of rotatable bonds is 6. The standard InChI is InChI=1S/C15H20N4O2/c1-4-14-18-13(16)8-15(19-14)17-9-10-5-6-11(20-2)7-12(10)21-3/h5-8H,4,9H2,1-3H3,(H3,16,17,18,19). The van der Waals surface area contributed by atoms with Crippen LogP contribution in [0.5, 0.6) is 11.5 Å². The fourth-order valence-corrected chi connectivity index (χ4v) is 1.95. The number of hydrogen-bond acceptors (Lipinski definition) is 6. The third kappa shape index (κ3) is 3.75. The molecule has 0 unspecified atom stereocenters. The zero-order valence-corrected chi connectivity index (χ0v) is 12.5. The summed E-state index contributed by atoms with van der Waals surface area (Å²) in [6.07, 6.45) is 0.742. The van der Waals surface area contributed by atoms with Crippen molar-refractivity contribution in [1.29, 1.82) is 0 Å². The Labute approximate surface area is 124 Å². The van der Waals surface area contributed by atoms with Gasteiger partial charge in [0.15, 0.2) is 0 Å². The number of hydrogen-bond donors (Lipinski definition) is 2. The van der Waals surface area contributed by atoms with Crippen LogP contribution in [0.25, 0.3) is 0 Å². The van der Waals surface area contributed by atoms with Crippen molar-refractivity contribution < 1.29 is 9.47 Å². The number of anilines is 2. The summed E-state index contributed by atoms with van der Waals surface area (Å²) >= 11 is 0. The summed E-state index contributed by atoms with van der Waals surface area (Å²) in [6, 6.07) is 7.42. The average Bonchev–Trinajstić information content (AvgIpc) is 2.52. The van der Waals surface area contributed by atoms with Gasteiger partial charge in [-0.2, -0.15) is 0 Å². The number of nitrogen functional groups attached to an aromatic ring is 1. The van der Waals surface area contributed by atoms with Crippen molar-refractivity contribution in [3.05, 3.63) is 35.7 Å². The highest BCUT2D eigenvalue weighted by Gasteiger charge is 2.06. The average molecular weight is 288 g/mol. The van der Waals surface area contributed by atoms with Gasteiger partial charge in [0.25, 0.3) is 0 Å². The largest absolute Gasteiger partial charge is 0.497 e. The molecule has 6 nitrogen and oxygen atoms in total. The van der Waals surface area contributed by atoms with Gasteiger partial charge in [0.05, 0.1) is 14.2 Å². The third-order valence-electron chi connectivity index (χ3n) is 3.06. The molecule has 0 saturated carbocycles. The number of aryl methyl sites for hydroxylation is 1. The Bertz CT molecular complexity index is 617. The van der Waals surface area contributed by atoms with E-state index in [0.29, 0.717) is 18.2 Å². The van der Waals surface area contributed by atoms with E-state index in [2.05, 4.69) is 15.3 Å². The Kier molecular flexibility index (Phi) is 4.81. The van der Waals surface area contributed by atoms with Crippen molar-refractivity contribution in [2.45, 2.75) is 19.9 Å². The van der Waals surface area contributed by atoms with Gasteiger partial charge in [0.1, 0.15) is 29.0 Å². The van der Waals surface area contributed by atoms with Crippen LogP contribution in [-0.2, 0) is 13.0 Å². The molecule has 0 radical (unpaired) electrons. The van der Waals surface area contributed by atoms with Crippen LogP contribution in [0.1, 0.15) is 18.3 Å². The minimum atomic E-state index is 0.464. The van der Waals surface area contributed by atoms with E-state index in [0.717, 1.165) is 29.3 Å². The molecule has 0 aliphatic heterocycles. The maximum Gasteiger partial charge on any atom is 0.132 e. The van der Waals surface area contributed by atoms with Gasteiger partial charge in [-0.25, -0.2) is 9.97 Å². The van der Waals surface area contributed by atoms with Crippen molar-refractivity contribution in [3.8, 4) is 11.5 Å². The van der Waals surface area contributed by atoms with E-state index >= 15 is 0 Å². The summed E-state index contributed by atoms with van der Waals surface area (Å²) in [5, 5.41) is 3.24. The number of benzene rings is 1. The topological polar surface area (TPSA) is 82.3 Å². The van der Waals surface area contributed by atoms with Gasteiger partial charge in [-0.1, -0.05) is 6.92 Å². The minimum absolute atomic E-state index is 0.464.